The molecule has 0 saturated heterocycles. The maximum atomic E-state index is 6.00. The molecule has 2 aromatic carbocycles. The Bertz CT molecular complexity index is 568. The summed E-state index contributed by atoms with van der Waals surface area (Å²) in [5, 5.41) is 4.39. The van der Waals surface area contributed by atoms with E-state index in [1.54, 1.807) is 7.11 Å². The lowest BCUT2D eigenvalue weighted by molar-refractivity contribution is 0.414. The number of hydrogen-bond acceptors (Lipinski definition) is 2. The van der Waals surface area contributed by atoms with Gasteiger partial charge in [-0.15, -0.1) is 0 Å². The Balaban J connectivity index is 1.68. The second-order valence-corrected chi connectivity index (χ2v) is 6.06. The van der Waals surface area contributed by atoms with E-state index < -0.39 is 0 Å². The molecular weight excluding hydrogens is 294 g/mol. The van der Waals surface area contributed by atoms with Crippen LogP contribution in [0.2, 0.25) is 5.02 Å². The monoisotopic (exact) mass is 317 g/mol. The van der Waals surface area contributed by atoms with Gasteiger partial charge in [-0.3, -0.25) is 0 Å². The van der Waals surface area contributed by atoms with E-state index in [0.29, 0.717) is 6.04 Å². The zero-order valence-electron chi connectivity index (χ0n) is 13.3. The topological polar surface area (TPSA) is 21.3 Å². The van der Waals surface area contributed by atoms with Gasteiger partial charge in [-0.25, -0.2) is 0 Å². The summed E-state index contributed by atoms with van der Waals surface area (Å²) in [6.07, 6.45) is 3.21. The number of hydrogen-bond donors (Lipinski definition) is 1. The Labute approximate surface area is 138 Å². The van der Waals surface area contributed by atoms with Crippen LogP contribution < -0.4 is 10.1 Å². The first kappa shape index (κ1) is 16.9. The number of benzene rings is 2. The van der Waals surface area contributed by atoms with Crippen molar-refractivity contribution < 1.29 is 4.74 Å². The number of aryl methyl sites for hydroxylation is 1. The van der Waals surface area contributed by atoms with Gasteiger partial charge in [0.1, 0.15) is 5.75 Å². The van der Waals surface area contributed by atoms with Crippen LogP contribution in [0.5, 0.6) is 5.75 Å². The molecule has 0 bridgehead atoms. The predicted molar refractivity (Wildman–Crippen MR) is 93.9 cm³/mol. The Hall–Kier alpha value is -1.51. The van der Waals surface area contributed by atoms with Crippen molar-refractivity contribution in [2.45, 2.75) is 32.2 Å². The Morgan fingerprint density at radius 1 is 1.05 bits per heavy atom. The maximum Gasteiger partial charge on any atom is 0.118 e. The van der Waals surface area contributed by atoms with Crippen LogP contribution in [-0.2, 0) is 12.8 Å². The van der Waals surface area contributed by atoms with Crippen molar-refractivity contribution in [2.24, 2.45) is 0 Å². The van der Waals surface area contributed by atoms with E-state index in [4.69, 9.17) is 16.3 Å². The van der Waals surface area contributed by atoms with Gasteiger partial charge < -0.3 is 10.1 Å². The molecular formula is C19H24ClNO. The minimum Gasteiger partial charge on any atom is -0.497 e. The zero-order chi connectivity index (χ0) is 15.8. The van der Waals surface area contributed by atoms with E-state index in [2.05, 4.69) is 30.4 Å². The van der Waals surface area contributed by atoms with Gasteiger partial charge in [0.05, 0.1) is 7.11 Å². The van der Waals surface area contributed by atoms with E-state index in [-0.39, 0.29) is 0 Å². The third kappa shape index (κ3) is 5.70. The molecule has 118 valence electrons. The molecule has 0 aromatic heterocycles. The fourth-order valence-corrected chi connectivity index (χ4v) is 2.65. The first-order valence-corrected chi connectivity index (χ1v) is 8.16. The molecule has 22 heavy (non-hydrogen) atoms. The molecule has 3 heteroatoms. The zero-order valence-corrected chi connectivity index (χ0v) is 14.1. The van der Waals surface area contributed by atoms with Crippen LogP contribution in [0.4, 0.5) is 0 Å². The molecule has 0 heterocycles. The van der Waals surface area contributed by atoms with Gasteiger partial charge in [0, 0.05) is 11.1 Å². The van der Waals surface area contributed by atoms with E-state index >= 15 is 0 Å². The third-order valence-corrected chi connectivity index (χ3v) is 4.06. The summed E-state index contributed by atoms with van der Waals surface area (Å²) in [4.78, 5) is 0. The molecule has 0 spiro atoms. The lowest BCUT2D eigenvalue weighted by Crippen LogP contribution is -2.28. The highest BCUT2D eigenvalue weighted by Gasteiger charge is 2.03. The average molecular weight is 318 g/mol. The molecule has 2 rings (SSSR count). The molecule has 1 N–H and O–H groups in total. The van der Waals surface area contributed by atoms with Crippen molar-refractivity contribution in [2.75, 3.05) is 13.7 Å². The van der Waals surface area contributed by atoms with Gasteiger partial charge in [-0.1, -0.05) is 35.9 Å². The molecule has 1 unspecified atom stereocenters. The maximum absolute atomic E-state index is 6.00. The van der Waals surface area contributed by atoms with Gasteiger partial charge in [-0.05, 0) is 68.1 Å². The highest BCUT2D eigenvalue weighted by atomic mass is 35.5. The lowest BCUT2D eigenvalue weighted by atomic mass is 10.1. The van der Waals surface area contributed by atoms with Crippen molar-refractivity contribution in [3.05, 3.63) is 64.7 Å². The van der Waals surface area contributed by atoms with Crippen molar-refractivity contribution in [3.8, 4) is 5.75 Å². The Morgan fingerprint density at radius 2 is 1.82 bits per heavy atom. The van der Waals surface area contributed by atoms with Crippen LogP contribution in [0.15, 0.2) is 48.5 Å². The van der Waals surface area contributed by atoms with Gasteiger partial charge in [-0.2, -0.15) is 0 Å². The average Bonchev–Trinajstić information content (AvgIpc) is 2.53. The lowest BCUT2D eigenvalue weighted by Gasteiger charge is -2.14. The molecule has 0 aliphatic carbocycles. The summed E-state index contributed by atoms with van der Waals surface area (Å²) in [5.74, 6) is 0.913. The largest absolute Gasteiger partial charge is 0.497 e. The quantitative estimate of drug-likeness (QED) is 0.774. The van der Waals surface area contributed by atoms with E-state index in [9.17, 15) is 0 Å². The second kappa shape index (κ2) is 8.82. The minimum atomic E-state index is 0.501. The van der Waals surface area contributed by atoms with E-state index in [0.717, 1.165) is 36.6 Å². The van der Waals surface area contributed by atoms with Gasteiger partial charge >= 0.3 is 0 Å². The first-order chi connectivity index (χ1) is 10.7. The number of methoxy groups -OCH3 is 1. The Morgan fingerprint density at radius 3 is 2.50 bits per heavy atom. The van der Waals surface area contributed by atoms with Crippen molar-refractivity contribution in [3.63, 3.8) is 0 Å². The smallest absolute Gasteiger partial charge is 0.118 e. The summed E-state index contributed by atoms with van der Waals surface area (Å²) in [6, 6.07) is 16.9. The van der Waals surface area contributed by atoms with Crippen molar-refractivity contribution >= 4 is 11.6 Å². The minimum absolute atomic E-state index is 0.501. The number of nitrogens with one attached hydrogen (secondary N) is 1. The molecule has 2 nitrogen and oxygen atoms in total. The van der Waals surface area contributed by atoms with Crippen LogP contribution in [0.25, 0.3) is 0 Å². The molecule has 0 radical (unpaired) electrons. The molecule has 1 atom stereocenters. The van der Waals surface area contributed by atoms with Crippen LogP contribution in [0.1, 0.15) is 24.5 Å². The van der Waals surface area contributed by atoms with Crippen LogP contribution in [-0.4, -0.2) is 19.7 Å². The highest BCUT2D eigenvalue weighted by molar-refractivity contribution is 6.30. The summed E-state index contributed by atoms with van der Waals surface area (Å²) in [7, 11) is 1.70. The van der Waals surface area contributed by atoms with E-state index in [1.165, 1.54) is 11.1 Å². The molecule has 2 aromatic rings. The number of rotatable bonds is 8. The summed E-state index contributed by atoms with van der Waals surface area (Å²) in [5.41, 5.74) is 2.63. The molecule has 0 saturated carbocycles. The number of ether oxygens (including phenoxy) is 1. The SMILES string of the molecule is COc1ccc(CCC(C)NCCc2cccc(Cl)c2)cc1. The normalized spacial score (nSPS) is 12.1. The van der Waals surface area contributed by atoms with Crippen LogP contribution in [0, 0.1) is 0 Å². The van der Waals surface area contributed by atoms with Crippen molar-refractivity contribution in [1.82, 2.24) is 5.32 Å². The number of halogens is 1. The molecule has 0 aliphatic rings. The van der Waals surface area contributed by atoms with E-state index in [1.807, 2.05) is 30.3 Å². The van der Waals surface area contributed by atoms with Crippen LogP contribution >= 0.6 is 11.6 Å². The summed E-state index contributed by atoms with van der Waals surface area (Å²) >= 11 is 6.00. The fourth-order valence-electron chi connectivity index (χ4n) is 2.43. The van der Waals surface area contributed by atoms with Crippen LogP contribution in [0.3, 0.4) is 0 Å². The van der Waals surface area contributed by atoms with Gasteiger partial charge in [0.15, 0.2) is 0 Å². The first-order valence-electron chi connectivity index (χ1n) is 7.78. The molecule has 0 fully saturated rings. The summed E-state index contributed by atoms with van der Waals surface area (Å²) < 4.78 is 5.18. The molecule has 0 amide bonds. The molecule has 0 aliphatic heterocycles. The Kier molecular flexibility index (Phi) is 6.75. The standard InChI is InChI=1S/C19H24ClNO/c1-15(6-7-16-8-10-19(22-2)11-9-16)21-13-12-17-4-3-5-18(20)14-17/h3-5,8-11,14-15,21H,6-7,12-13H2,1-2H3. The van der Waals surface area contributed by atoms with Crippen molar-refractivity contribution in [1.29, 1.82) is 0 Å². The van der Waals surface area contributed by atoms with Gasteiger partial charge in [0.2, 0.25) is 0 Å². The second-order valence-electron chi connectivity index (χ2n) is 5.62. The predicted octanol–water partition coefficient (Wildman–Crippen LogP) is 4.50. The summed E-state index contributed by atoms with van der Waals surface area (Å²) in [6.45, 7) is 3.21. The fraction of sp³-hybridized carbons (Fsp3) is 0.368. The third-order valence-electron chi connectivity index (χ3n) is 3.82. The van der Waals surface area contributed by atoms with Gasteiger partial charge in [0.25, 0.3) is 0 Å². The highest BCUT2D eigenvalue weighted by Crippen LogP contribution is 2.13.